The fourth-order valence-electron chi connectivity index (χ4n) is 1.75. The third-order valence-electron chi connectivity index (χ3n) is 2.41. The minimum absolute atomic E-state index is 0.288. The highest BCUT2D eigenvalue weighted by molar-refractivity contribution is 5.58. The summed E-state index contributed by atoms with van der Waals surface area (Å²) in [6.45, 7) is 5.94. The van der Waals surface area contributed by atoms with E-state index in [0.29, 0.717) is 6.42 Å². The van der Waals surface area contributed by atoms with Gasteiger partial charge in [-0.2, -0.15) is 0 Å². The number of nitrogens with zero attached hydrogens (tertiary/aromatic N) is 2. The summed E-state index contributed by atoms with van der Waals surface area (Å²) >= 11 is 0. The summed E-state index contributed by atoms with van der Waals surface area (Å²) < 4.78 is 0. The van der Waals surface area contributed by atoms with Gasteiger partial charge in [-0.05, 0) is 32.9 Å². The Bertz CT molecular complexity index is 495. The smallest absolute Gasteiger partial charge is 0.131 e. The highest BCUT2D eigenvalue weighted by Gasteiger charge is 2.15. The third kappa shape index (κ3) is 3.14. The Labute approximate surface area is 101 Å². The molecule has 0 spiro atoms. The summed E-state index contributed by atoms with van der Waals surface area (Å²) in [5.74, 6) is 0.800. The van der Waals surface area contributed by atoms with Crippen LogP contribution in [-0.2, 0) is 6.42 Å². The molecule has 0 unspecified atom stereocenters. The summed E-state index contributed by atoms with van der Waals surface area (Å²) in [6, 6.07) is 3.98. The summed E-state index contributed by atoms with van der Waals surface area (Å²) in [5.41, 5.74) is 8.70. The Balaban J connectivity index is 2.36. The lowest BCUT2D eigenvalue weighted by molar-refractivity contribution is 0.502. The largest absolute Gasteiger partial charge is 0.367 e. The van der Waals surface area contributed by atoms with Crippen LogP contribution in [0.3, 0.4) is 0 Å². The van der Waals surface area contributed by atoms with E-state index in [1.807, 2.05) is 45.3 Å². The molecule has 0 atom stereocenters. The Morgan fingerprint density at radius 3 is 2.71 bits per heavy atom. The zero-order chi connectivity index (χ0) is 12.5. The summed E-state index contributed by atoms with van der Waals surface area (Å²) in [6.07, 6.45) is 4.49. The van der Waals surface area contributed by atoms with Gasteiger partial charge in [-0.15, -0.1) is 0 Å². The Morgan fingerprint density at radius 2 is 2.12 bits per heavy atom. The van der Waals surface area contributed by atoms with Gasteiger partial charge in [0.2, 0.25) is 0 Å². The van der Waals surface area contributed by atoms with Crippen LogP contribution in [0.15, 0.2) is 24.5 Å². The molecule has 4 heteroatoms. The molecule has 17 heavy (non-hydrogen) atoms. The van der Waals surface area contributed by atoms with Gasteiger partial charge in [0.25, 0.3) is 0 Å². The van der Waals surface area contributed by atoms with E-state index in [1.165, 1.54) is 0 Å². The molecule has 2 aromatic heterocycles. The molecule has 90 valence electrons. The first-order valence-electron chi connectivity index (χ1n) is 5.71. The van der Waals surface area contributed by atoms with E-state index in [2.05, 4.69) is 15.0 Å². The van der Waals surface area contributed by atoms with Crippen molar-refractivity contribution < 1.29 is 0 Å². The van der Waals surface area contributed by atoms with Crippen molar-refractivity contribution >= 4 is 0 Å². The molecule has 0 aliphatic rings. The standard InChI is InChI=1S/C13H18N4/c1-9-6-11(10-4-5-15-8-10)17-12(16-9)7-13(2,3)14/h4-6,8,15H,7,14H2,1-3H3. The van der Waals surface area contributed by atoms with Crippen molar-refractivity contribution in [1.29, 1.82) is 0 Å². The molecule has 0 bridgehead atoms. The molecule has 0 aliphatic carbocycles. The van der Waals surface area contributed by atoms with E-state index in [-0.39, 0.29) is 5.54 Å². The number of aryl methyl sites for hydroxylation is 1. The predicted molar refractivity (Wildman–Crippen MR) is 68.5 cm³/mol. The molecule has 2 heterocycles. The molecule has 0 amide bonds. The van der Waals surface area contributed by atoms with Crippen LogP contribution in [0.2, 0.25) is 0 Å². The maximum absolute atomic E-state index is 6.00. The third-order valence-corrected chi connectivity index (χ3v) is 2.41. The highest BCUT2D eigenvalue weighted by atomic mass is 14.9. The van der Waals surface area contributed by atoms with Gasteiger partial charge in [-0.3, -0.25) is 0 Å². The topological polar surface area (TPSA) is 67.6 Å². The summed E-state index contributed by atoms with van der Waals surface area (Å²) in [7, 11) is 0. The van der Waals surface area contributed by atoms with Gasteiger partial charge in [0.1, 0.15) is 5.82 Å². The lowest BCUT2D eigenvalue weighted by atomic mass is 10.0. The zero-order valence-electron chi connectivity index (χ0n) is 10.5. The number of hydrogen-bond donors (Lipinski definition) is 2. The molecule has 2 rings (SSSR count). The van der Waals surface area contributed by atoms with Crippen LogP contribution in [0.5, 0.6) is 0 Å². The molecule has 0 radical (unpaired) electrons. The molecule has 0 fully saturated rings. The molecule has 4 nitrogen and oxygen atoms in total. The molecular weight excluding hydrogens is 212 g/mol. The molecule has 2 aromatic rings. The number of aromatic amines is 1. The Hall–Kier alpha value is -1.68. The van der Waals surface area contributed by atoms with Crippen LogP contribution in [0.1, 0.15) is 25.4 Å². The Morgan fingerprint density at radius 1 is 1.35 bits per heavy atom. The zero-order valence-corrected chi connectivity index (χ0v) is 10.5. The normalized spacial score (nSPS) is 11.8. The maximum Gasteiger partial charge on any atom is 0.131 e. The van der Waals surface area contributed by atoms with Crippen LogP contribution >= 0.6 is 0 Å². The predicted octanol–water partition coefficient (Wildman–Crippen LogP) is 2.06. The van der Waals surface area contributed by atoms with Crippen molar-refractivity contribution in [3.8, 4) is 11.3 Å². The molecule has 3 N–H and O–H groups in total. The van der Waals surface area contributed by atoms with Gasteiger partial charge in [-0.1, -0.05) is 0 Å². The molecular formula is C13H18N4. The highest BCUT2D eigenvalue weighted by Crippen LogP contribution is 2.18. The van der Waals surface area contributed by atoms with Crippen LogP contribution < -0.4 is 5.73 Å². The first-order chi connectivity index (χ1) is 7.94. The van der Waals surface area contributed by atoms with Crippen molar-refractivity contribution in [3.05, 3.63) is 36.0 Å². The number of nitrogens with two attached hydrogens (primary N) is 1. The second-order valence-electron chi connectivity index (χ2n) is 5.08. The van der Waals surface area contributed by atoms with Crippen molar-refractivity contribution in [2.75, 3.05) is 0 Å². The number of H-pyrrole nitrogens is 1. The lowest BCUT2D eigenvalue weighted by Crippen LogP contribution is -2.35. The van der Waals surface area contributed by atoms with Crippen LogP contribution in [0.4, 0.5) is 0 Å². The summed E-state index contributed by atoms with van der Waals surface area (Å²) in [4.78, 5) is 12.0. The van der Waals surface area contributed by atoms with Gasteiger partial charge in [0, 0.05) is 35.6 Å². The molecule has 0 aromatic carbocycles. The van der Waals surface area contributed by atoms with Gasteiger partial charge < -0.3 is 10.7 Å². The van der Waals surface area contributed by atoms with Crippen molar-refractivity contribution in [2.45, 2.75) is 32.7 Å². The van der Waals surface area contributed by atoms with Gasteiger partial charge >= 0.3 is 0 Å². The van der Waals surface area contributed by atoms with Gasteiger partial charge in [-0.25, -0.2) is 9.97 Å². The van der Waals surface area contributed by atoms with Crippen molar-refractivity contribution in [3.63, 3.8) is 0 Å². The minimum Gasteiger partial charge on any atom is -0.367 e. The average molecular weight is 230 g/mol. The van der Waals surface area contributed by atoms with E-state index in [1.54, 1.807) is 0 Å². The second kappa shape index (κ2) is 4.30. The summed E-state index contributed by atoms with van der Waals surface area (Å²) in [5, 5.41) is 0. The molecule has 0 aliphatic heterocycles. The van der Waals surface area contributed by atoms with Crippen molar-refractivity contribution in [2.24, 2.45) is 5.73 Å². The van der Waals surface area contributed by atoms with Gasteiger partial charge in [0.05, 0.1) is 5.69 Å². The number of nitrogens with one attached hydrogen (secondary N) is 1. The van der Waals surface area contributed by atoms with Crippen LogP contribution in [0.25, 0.3) is 11.3 Å². The minimum atomic E-state index is -0.288. The first-order valence-corrected chi connectivity index (χ1v) is 5.71. The number of aromatic nitrogens is 3. The average Bonchev–Trinajstić information content (AvgIpc) is 2.65. The molecule has 0 saturated heterocycles. The SMILES string of the molecule is Cc1cc(-c2cc[nH]c2)nc(CC(C)(C)N)n1. The quantitative estimate of drug-likeness (QED) is 0.848. The monoisotopic (exact) mass is 230 g/mol. The van der Waals surface area contributed by atoms with Crippen LogP contribution in [-0.4, -0.2) is 20.5 Å². The van der Waals surface area contributed by atoms with Crippen LogP contribution in [0, 0.1) is 6.92 Å². The molecule has 0 saturated carbocycles. The first kappa shape index (κ1) is 11.8. The van der Waals surface area contributed by atoms with E-state index in [0.717, 1.165) is 22.8 Å². The fourth-order valence-corrected chi connectivity index (χ4v) is 1.75. The van der Waals surface area contributed by atoms with E-state index in [9.17, 15) is 0 Å². The van der Waals surface area contributed by atoms with E-state index in [4.69, 9.17) is 5.73 Å². The maximum atomic E-state index is 6.00. The fraction of sp³-hybridized carbons (Fsp3) is 0.385. The second-order valence-corrected chi connectivity index (χ2v) is 5.08. The van der Waals surface area contributed by atoms with Gasteiger partial charge in [0.15, 0.2) is 0 Å². The Kier molecular flexibility index (Phi) is 2.98. The van der Waals surface area contributed by atoms with Crippen molar-refractivity contribution in [1.82, 2.24) is 15.0 Å². The number of hydrogen-bond acceptors (Lipinski definition) is 3. The van der Waals surface area contributed by atoms with E-state index < -0.39 is 0 Å². The van der Waals surface area contributed by atoms with E-state index >= 15 is 0 Å². The number of rotatable bonds is 3. The lowest BCUT2D eigenvalue weighted by Gasteiger charge is -2.17.